The lowest BCUT2D eigenvalue weighted by molar-refractivity contribution is 0.572. The third-order valence-electron chi connectivity index (χ3n) is 4.01. The summed E-state index contributed by atoms with van der Waals surface area (Å²) in [4.78, 5) is 0. The molecule has 0 saturated carbocycles. The number of aryl methyl sites for hydroxylation is 1. The molecule has 1 N–H and O–H groups in total. The summed E-state index contributed by atoms with van der Waals surface area (Å²) in [5, 5.41) is 3.57. The van der Waals surface area contributed by atoms with Gasteiger partial charge in [0.05, 0.1) is 0 Å². The summed E-state index contributed by atoms with van der Waals surface area (Å²) in [7, 11) is 0. The number of halogens is 1. The summed E-state index contributed by atoms with van der Waals surface area (Å²) in [6.45, 7) is 3.01. The molecule has 1 nitrogen and oxygen atoms in total. The van der Waals surface area contributed by atoms with E-state index in [1.807, 2.05) is 19.1 Å². The average molecular weight is 255 g/mol. The third kappa shape index (κ3) is 2.41. The van der Waals surface area contributed by atoms with Crippen LogP contribution >= 0.6 is 0 Å². The van der Waals surface area contributed by atoms with Crippen LogP contribution in [0.25, 0.3) is 0 Å². The lowest BCUT2D eigenvalue weighted by Crippen LogP contribution is -2.17. The monoisotopic (exact) mass is 255 g/mol. The zero-order valence-corrected chi connectivity index (χ0v) is 11.1. The summed E-state index contributed by atoms with van der Waals surface area (Å²) in [6, 6.07) is 16.0. The second-order valence-corrected chi connectivity index (χ2v) is 5.24. The van der Waals surface area contributed by atoms with E-state index >= 15 is 0 Å². The second-order valence-electron chi connectivity index (χ2n) is 5.24. The molecule has 98 valence electrons. The van der Waals surface area contributed by atoms with E-state index in [0.29, 0.717) is 12.0 Å². The molecule has 19 heavy (non-hydrogen) atoms. The Kier molecular flexibility index (Phi) is 3.34. The van der Waals surface area contributed by atoms with E-state index in [9.17, 15) is 4.39 Å². The fraction of sp³-hybridized carbons (Fsp3) is 0.294. The minimum atomic E-state index is -0.150. The van der Waals surface area contributed by atoms with Crippen LogP contribution in [0.1, 0.15) is 35.1 Å². The minimum absolute atomic E-state index is 0.150. The molecule has 1 fully saturated rings. The van der Waals surface area contributed by atoms with Crippen molar-refractivity contribution in [2.45, 2.75) is 25.3 Å². The Balaban J connectivity index is 1.95. The maximum atomic E-state index is 13.2. The lowest BCUT2D eigenvalue weighted by Gasteiger charge is -2.22. The van der Waals surface area contributed by atoms with Gasteiger partial charge >= 0.3 is 0 Å². The quantitative estimate of drug-likeness (QED) is 0.856. The fourth-order valence-corrected chi connectivity index (χ4v) is 3.10. The van der Waals surface area contributed by atoms with Gasteiger partial charge < -0.3 is 5.32 Å². The van der Waals surface area contributed by atoms with Gasteiger partial charge in [0.15, 0.2) is 0 Å². The Labute approximate surface area is 113 Å². The van der Waals surface area contributed by atoms with Gasteiger partial charge in [0.25, 0.3) is 0 Å². The summed E-state index contributed by atoms with van der Waals surface area (Å²) in [5.41, 5.74) is 3.63. The molecular formula is C17H18FN. The van der Waals surface area contributed by atoms with Crippen LogP contribution in [0.5, 0.6) is 0 Å². The van der Waals surface area contributed by atoms with Gasteiger partial charge in [-0.3, -0.25) is 0 Å². The van der Waals surface area contributed by atoms with Crippen molar-refractivity contribution < 1.29 is 4.39 Å². The number of hydrogen-bond acceptors (Lipinski definition) is 1. The summed E-state index contributed by atoms with van der Waals surface area (Å²) in [6.07, 6.45) is 1.10. The van der Waals surface area contributed by atoms with Gasteiger partial charge in [0, 0.05) is 12.0 Å². The predicted molar refractivity (Wildman–Crippen MR) is 75.7 cm³/mol. The minimum Gasteiger partial charge on any atom is -0.309 e. The maximum absolute atomic E-state index is 13.2. The van der Waals surface area contributed by atoms with Gasteiger partial charge in [-0.15, -0.1) is 0 Å². The molecule has 2 heteroatoms. The van der Waals surface area contributed by atoms with Crippen LogP contribution in [-0.2, 0) is 0 Å². The SMILES string of the molecule is Cc1cc(F)ccc1C1CCNC1c1ccccc1. The smallest absolute Gasteiger partial charge is 0.123 e. The molecule has 1 aliphatic rings. The Bertz CT molecular complexity index is 565. The molecule has 0 aromatic heterocycles. The van der Waals surface area contributed by atoms with Crippen molar-refractivity contribution >= 4 is 0 Å². The Hall–Kier alpha value is -1.67. The van der Waals surface area contributed by atoms with Crippen LogP contribution in [0.2, 0.25) is 0 Å². The van der Waals surface area contributed by atoms with Crippen molar-refractivity contribution in [3.63, 3.8) is 0 Å². The zero-order valence-electron chi connectivity index (χ0n) is 11.1. The highest BCUT2D eigenvalue weighted by atomic mass is 19.1. The van der Waals surface area contributed by atoms with Gasteiger partial charge in [-0.05, 0) is 48.7 Å². The molecule has 1 saturated heterocycles. The van der Waals surface area contributed by atoms with Crippen molar-refractivity contribution in [2.75, 3.05) is 6.54 Å². The topological polar surface area (TPSA) is 12.0 Å². The van der Waals surface area contributed by atoms with Crippen molar-refractivity contribution in [3.05, 3.63) is 71.0 Å². The molecule has 2 unspecified atom stereocenters. The standard InChI is InChI=1S/C17H18FN/c1-12-11-14(18)7-8-15(12)16-9-10-19-17(16)13-5-3-2-4-6-13/h2-8,11,16-17,19H,9-10H2,1H3. The van der Waals surface area contributed by atoms with Crippen LogP contribution in [0, 0.1) is 12.7 Å². The van der Waals surface area contributed by atoms with Crippen LogP contribution in [0.15, 0.2) is 48.5 Å². The van der Waals surface area contributed by atoms with E-state index in [1.165, 1.54) is 11.1 Å². The van der Waals surface area contributed by atoms with Gasteiger partial charge in [0.1, 0.15) is 5.82 Å². The third-order valence-corrected chi connectivity index (χ3v) is 4.01. The Morgan fingerprint density at radius 2 is 1.89 bits per heavy atom. The summed E-state index contributed by atoms with van der Waals surface area (Å²) < 4.78 is 13.2. The highest BCUT2D eigenvalue weighted by molar-refractivity contribution is 5.35. The molecule has 0 bridgehead atoms. The van der Waals surface area contributed by atoms with Gasteiger partial charge in [-0.1, -0.05) is 36.4 Å². The molecule has 0 spiro atoms. The van der Waals surface area contributed by atoms with Gasteiger partial charge in [0.2, 0.25) is 0 Å². The lowest BCUT2D eigenvalue weighted by atomic mass is 9.85. The highest BCUT2D eigenvalue weighted by Gasteiger charge is 2.30. The number of nitrogens with one attached hydrogen (secondary N) is 1. The van der Waals surface area contributed by atoms with Crippen molar-refractivity contribution in [1.29, 1.82) is 0 Å². The molecule has 0 radical (unpaired) electrons. The Morgan fingerprint density at radius 1 is 1.11 bits per heavy atom. The van der Waals surface area contributed by atoms with Crippen molar-refractivity contribution in [2.24, 2.45) is 0 Å². The molecule has 3 rings (SSSR count). The second kappa shape index (κ2) is 5.14. The summed E-state index contributed by atoms with van der Waals surface area (Å²) >= 11 is 0. The number of benzene rings is 2. The fourth-order valence-electron chi connectivity index (χ4n) is 3.10. The number of rotatable bonds is 2. The molecule has 0 amide bonds. The molecule has 0 aliphatic carbocycles. The van der Waals surface area contributed by atoms with Crippen LogP contribution in [0.3, 0.4) is 0 Å². The Morgan fingerprint density at radius 3 is 2.63 bits per heavy atom. The molecule has 2 atom stereocenters. The van der Waals surface area contributed by atoms with Crippen LogP contribution in [-0.4, -0.2) is 6.54 Å². The molecular weight excluding hydrogens is 237 g/mol. The average Bonchev–Trinajstić information content (AvgIpc) is 2.89. The van der Waals surface area contributed by atoms with Crippen LogP contribution in [0.4, 0.5) is 4.39 Å². The van der Waals surface area contributed by atoms with E-state index in [-0.39, 0.29) is 5.82 Å². The molecule has 1 heterocycles. The first kappa shape index (κ1) is 12.4. The molecule has 1 aliphatic heterocycles. The first-order valence-corrected chi connectivity index (χ1v) is 6.80. The van der Waals surface area contributed by atoms with Crippen LogP contribution < -0.4 is 5.32 Å². The van der Waals surface area contributed by atoms with Crippen molar-refractivity contribution in [1.82, 2.24) is 5.32 Å². The maximum Gasteiger partial charge on any atom is 0.123 e. The normalized spacial score (nSPS) is 22.6. The molecule has 2 aromatic carbocycles. The first-order chi connectivity index (χ1) is 9.25. The van der Waals surface area contributed by atoms with E-state index in [4.69, 9.17) is 0 Å². The first-order valence-electron chi connectivity index (χ1n) is 6.80. The predicted octanol–water partition coefficient (Wildman–Crippen LogP) is 3.95. The largest absolute Gasteiger partial charge is 0.309 e. The van der Waals surface area contributed by atoms with Gasteiger partial charge in [-0.2, -0.15) is 0 Å². The van der Waals surface area contributed by atoms with Gasteiger partial charge in [-0.25, -0.2) is 4.39 Å². The van der Waals surface area contributed by atoms with E-state index < -0.39 is 0 Å². The van der Waals surface area contributed by atoms with Crippen molar-refractivity contribution in [3.8, 4) is 0 Å². The summed E-state index contributed by atoms with van der Waals surface area (Å²) in [5.74, 6) is 0.284. The van der Waals surface area contributed by atoms with E-state index in [0.717, 1.165) is 18.5 Å². The van der Waals surface area contributed by atoms with E-state index in [1.54, 1.807) is 12.1 Å². The number of hydrogen-bond donors (Lipinski definition) is 1. The van der Waals surface area contributed by atoms with E-state index in [2.05, 4.69) is 29.6 Å². The zero-order chi connectivity index (χ0) is 13.2. The molecule has 2 aromatic rings. The highest BCUT2D eigenvalue weighted by Crippen LogP contribution is 2.38.